The first-order valence-corrected chi connectivity index (χ1v) is 7.95. The van der Waals surface area contributed by atoms with E-state index in [1.165, 1.54) is 6.07 Å². The Morgan fingerprint density at radius 1 is 1.25 bits per heavy atom. The molecule has 2 aromatic rings. The lowest BCUT2D eigenvalue weighted by molar-refractivity contribution is 0.604. The lowest BCUT2D eigenvalue weighted by Gasteiger charge is -2.12. The molecule has 0 aliphatic heterocycles. The third-order valence-electron chi connectivity index (χ3n) is 3.28. The fourth-order valence-electron chi connectivity index (χ4n) is 2.09. The summed E-state index contributed by atoms with van der Waals surface area (Å²) in [6.07, 6.45) is 0. The van der Waals surface area contributed by atoms with Crippen LogP contribution >= 0.6 is 11.6 Å². The lowest BCUT2D eigenvalue weighted by Crippen LogP contribution is -2.37. The number of nitrogens with zero attached hydrogens (tertiary/aromatic N) is 2. The summed E-state index contributed by atoms with van der Waals surface area (Å²) >= 11 is 5.96. The van der Waals surface area contributed by atoms with Gasteiger partial charge in [-0.1, -0.05) is 29.8 Å². The van der Waals surface area contributed by atoms with Crippen LogP contribution in [0, 0.1) is 17.1 Å². The minimum atomic E-state index is -0.410. The molecule has 6 heteroatoms. The average molecular weight is 345 g/mol. The van der Waals surface area contributed by atoms with Crippen molar-refractivity contribution in [1.82, 2.24) is 10.6 Å². The largest absolute Gasteiger partial charge is 0.357 e. The van der Waals surface area contributed by atoms with Crippen LogP contribution in [0.1, 0.15) is 23.6 Å². The summed E-state index contributed by atoms with van der Waals surface area (Å²) in [5.74, 6) is 0.175. The molecule has 2 N–H and O–H groups in total. The average Bonchev–Trinajstić information content (AvgIpc) is 2.58. The molecule has 4 nitrogen and oxygen atoms in total. The van der Waals surface area contributed by atoms with Gasteiger partial charge in [0.1, 0.15) is 5.82 Å². The SMILES string of the molecule is CCNC(=NCc1cccc(Cl)c1)NCc1ccc(C#N)cc1F. The Morgan fingerprint density at radius 3 is 2.75 bits per heavy atom. The van der Waals surface area contributed by atoms with Crippen LogP contribution in [-0.4, -0.2) is 12.5 Å². The van der Waals surface area contributed by atoms with Gasteiger partial charge in [0, 0.05) is 23.7 Å². The fraction of sp³-hybridized carbons (Fsp3) is 0.222. The van der Waals surface area contributed by atoms with Gasteiger partial charge in [0.25, 0.3) is 0 Å². The summed E-state index contributed by atoms with van der Waals surface area (Å²) < 4.78 is 13.9. The summed E-state index contributed by atoms with van der Waals surface area (Å²) in [5, 5.41) is 15.6. The molecule has 0 aliphatic carbocycles. The zero-order chi connectivity index (χ0) is 17.4. The van der Waals surface area contributed by atoms with Gasteiger partial charge in [-0.15, -0.1) is 0 Å². The second-order valence-corrected chi connectivity index (χ2v) is 5.53. The minimum absolute atomic E-state index is 0.277. The summed E-state index contributed by atoms with van der Waals surface area (Å²) in [6.45, 7) is 3.39. The third-order valence-corrected chi connectivity index (χ3v) is 3.52. The quantitative estimate of drug-likeness (QED) is 0.643. The highest BCUT2D eigenvalue weighted by atomic mass is 35.5. The summed E-state index contributed by atoms with van der Waals surface area (Å²) in [6, 6.07) is 13.8. The molecule has 0 radical (unpaired) electrons. The van der Waals surface area contributed by atoms with Crippen LogP contribution < -0.4 is 10.6 Å². The van der Waals surface area contributed by atoms with Crippen LogP contribution in [0.25, 0.3) is 0 Å². The van der Waals surface area contributed by atoms with Crippen molar-refractivity contribution in [1.29, 1.82) is 5.26 Å². The number of guanidine groups is 1. The van der Waals surface area contributed by atoms with Gasteiger partial charge in [0.15, 0.2) is 5.96 Å². The van der Waals surface area contributed by atoms with Crippen molar-refractivity contribution >= 4 is 17.6 Å². The molecule has 2 rings (SSSR count). The lowest BCUT2D eigenvalue weighted by atomic mass is 10.1. The molecular formula is C18H18ClFN4. The molecule has 0 atom stereocenters. The van der Waals surface area contributed by atoms with Crippen molar-refractivity contribution in [2.75, 3.05) is 6.54 Å². The molecule has 0 amide bonds. The van der Waals surface area contributed by atoms with E-state index < -0.39 is 5.82 Å². The zero-order valence-corrected chi connectivity index (χ0v) is 14.1. The van der Waals surface area contributed by atoms with Gasteiger partial charge in [0.05, 0.1) is 18.2 Å². The number of nitrogens with one attached hydrogen (secondary N) is 2. The molecule has 24 heavy (non-hydrogen) atoms. The van der Waals surface area contributed by atoms with E-state index in [0.717, 1.165) is 5.56 Å². The predicted octanol–water partition coefficient (Wildman–Crippen LogP) is 3.61. The highest BCUT2D eigenvalue weighted by Crippen LogP contribution is 2.12. The number of hydrogen-bond acceptors (Lipinski definition) is 2. The molecule has 0 bridgehead atoms. The molecular weight excluding hydrogens is 327 g/mol. The number of benzene rings is 2. The highest BCUT2D eigenvalue weighted by molar-refractivity contribution is 6.30. The number of nitriles is 1. The molecule has 0 spiro atoms. The van der Waals surface area contributed by atoms with E-state index in [2.05, 4.69) is 15.6 Å². The Morgan fingerprint density at radius 2 is 2.08 bits per heavy atom. The molecule has 0 saturated heterocycles. The first kappa shape index (κ1) is 17.8. The number of hydrogen-bond donors (Lipinski definition) is 2. The van der Waals surface area contributed by atoms with Gasteiger partial charge in [-0.05, 0) is 36.8 Å². The van der Waals surface area contributed by atoms with E-state index in [1.807, 2.05) is 37.3 Å². The molecule has 0 unspecified atom stereocenters. The van der Waals surface area contributed by atoms with Crippen molar-refractivity contribution in [2.45, 2.75) is 20.0 Å². The number of halogens is 2. The van der Waals surface area contributed by atoms with Crippen molar-refractivity contribution < 1.29 is 4.39 Å². The molecule has 0 heterocycles. The van der Waals surface area contributed by atoms with Crippen LogP contribution in [0.15, 0.2) is 47.5 Å². The maximum Gasteiger partial charge on any atom is 0.191 e. The van der Waals surface area contributed by atoms with Crippen LogP contribution in [0.3, 0.4) is 0 Å². The van der Waals surface area contributed by atoms with Gasteiger partial charge >= 0.3 is 0 Å². The van der Waals surface area contributed by atoms with Crippen molar-refractivity contribution in [3.05, 3.63) is 70.0 Å². The van der Waals surface area contributed by atoms with Crippen LogP contribution in [0.4, 0.5) is 4.39 Å². The van der Waals surface area contributed by atoms with Gasteiger partial charge in [-0.3, -0.25) is 0 Å². The smallest absolute Gasteiger partial charge is 0.191 e. The van der Waals surface area contributed by atoms with E-state index in [0.29, 0.717) is 35.2 Å². The fourth-order valence-corrected chi connectivity index (χ4v) is 2.30. The Bertz CT molecular complexity index is 768. The van der Waals surface area contributed by atoms with Crippen molar-refractivity contribution in [3.63, 3.8) is 0 Å². The van der Waals surface area contributed by atoms with Crippen LogP contribution in [0.5, 0.6) is 0 Å². The zero-order valence-electron chi connectivity index (χ0n) is 13.3. The Labute approximate surface area is 146 Å². The molecule has 0 aromatic heterocycles. The maximum absolute atomic E-state index is 13.9. The van der Waals surface area contributed by atoms with Crippen molar-refractivity contribution in [3.8, 4) is 6.07 Å². The van der Waals surface area contributed by atoms with Crippen LogP contribution in [0.2, 0.25) is 5.02 Å². The molecule has 124 valence electrons. The second kappa shape index (κ2) is 8.90. The number of aliphatic imine (C=N–C) groups is 1. The van der Waals surface area contributed by atoms with E-state index >= 15 is 0 Å². The Kier molecular flexibility index (Phi) is 6.59. The first-order chi connectivity index (χ1) is 11.6. The molecule has 2 aromatic carbocycles. The van der Waals surface area contributed by atoms with Gasteiger partial charge in [-0.2, -0.15) is 5.26 Å². The number of rotatable bonds is 5. The topological polar surface area (TPSA) is 60.2 Å². The normalized spacial score (nSPS) is 11.0. The molecule has 0 saturated carbocycles. The van der Waals surface area contributed by atoms with E-state index in [9.17, 15) is 4.39 Å². The van der Waals surface area contributed by atoms with Gasteiger partial charge < -0.3 is 10.6 Å². The van der Waals surface area contributed by atoms with Crippen LogP contribution in [-0.2, 0) is 13.1 Å². The highest BCUT2D eigenvalue weighted by Gasteiger charge is 2.05. The van der Waals surface area contributed by atoms with Gasteiger partial charge in [0.2, 0.25) is 0 Å². The van der Waals surface area contributed by atoms with E-state index in [-0.39, 0.29) is 6.54 Å². The van der Waals surface area contributed by atoms with Crippen molar-refractivity contribution in [2.24, 2.45) is 4.99 Å². The monoisotopic (exact) mass is 344 g/mol. The third kappa shape index (κ3) is 5.25. The van der Waals surface area contributed by atoms with Gasteiger partial charge in [-0.25, -0.2) is 9.38 Å². The molecule has 0 fully saturated rings. The Balaban J connectivity index is 2.03. The summed E-state index contributed by atoms with van der Waals surface area (Å²) in [7, 11) is 0. The Hall–Kier alpha value is -2.58. The maximum atomic E-state index is 13.9. The molecule has 0 aliphatic rings. The van der Waals surface area contributed by atoms with E-state index in [4.69, 9.17) is 16.9 Å². The summed E-state index contributed by atoms with van der Waals surface area (Å²) in [4.78, 5) is 4.46. The first-order valence-electron chi connectivity index (χ1n) is 7.57. The second-order valence-electron chi connectivity index (χ2n) is 5.10. The predicted molar refractivity (Wildman–Crippen MR) is 94.2 cm³/mol. The standard InChI is InChI=1S/C18H18ClFN4/c1-2-22-18(23-11-14-4-3-5-16(19)8-14)24-12-15-7-6-13(10-21)9-17(15)20/h3-9H,2,11-12H2,1H3,(H2,22,23,24). The minimum Gasteiger partial charge on any atom is -0.357 e. The van der Waals surface area contributed by atoms with E-state index in [1.54, 1.807) is 12.1 Å². The summed E-state index contributed by atoms with van der Waals surface area (Å²) in [5.41, 5.74) is 1.77.